The highest BCUT2D eigenvalue weighted by molar-refractivity contribution is 5.28. The molecule has 0 radical (unpaired) electrons. The average molecular weight is 216 g/mol. The van der Waals surface area contributed by atoms with E-state index in [1.165, 1.54) is 0 Å². The number of aromatic nitrogens is 1. The summed E-state index contributed by atoms with van der Waals surface area (Å²) >= 11 is 0. The fourth-order valence-electron chi connectivity index (χ4n) is 1.59. The van der Waals surface area contributed by atoms with E-state index < -0.39 is 6.10 Å². The molecule has 2 aromatic rings. The van der Waals surface area contributed by atoms with Gasteiger partial charge in [-0.25, -0.2) is 4.57 Å². The molecule has 1 atom stereocenters. The second kappa shape index (κ2) is 4.77. The van der Waals surface area contributed by atoms with Crippen molar-refractivity contribution in [1.82, 2.24) is 0 Å². The van der Waals surface area contributed by atoms with E-state index in [1.807, 2.05) is 35.2 Å². The second-order valence-electron chi connectivity index (χ2n) is 3.68. The first-order valence-electron chi connectivity index (χ1n) is 5.17. The highest BCUT2D eigenvalue weighted by Crippen LogP contribution is 2.17. The van der Waals surface area contributed by atoms with Crippen LogP contribution in [0.2, 0.25) is 0 Å². The summed E-state index contributed by atoms with van der Waals surface area (Å²) in [7, 11) is 0. The minimum absolute atomic E-state index is 0.176. The van der Waals surface area contributed by atoms with Gasteiger partial charge in [0.25, 0.3) is 0 Å². The molecule has 0 aliphatic carbocycles. The normalized spacial score (nSPS) is 12.3. The molecular formula is C13H14NO2+. The van der Waals surface area contributed by atoms with Crippen LogP contribution in [0.1, 0.15) is 11.7 Å². The zero-order valence-corrected chi connectivity index (χ0v) is 8.82. The number of pyridine rings is 1. The standard InChI is InChI=1S/C13H13NO2/c15-12-6-4-5-11(9-12)13(16)10-14-7-2-1-3-8-14/h1-9,13,16H,10H2/p+1. The van der Waals surface area contributed by atoms with E-state index in [-0.39, 0.29) is 5.75 Å². The van der Waals surface area contributed by atoms with Gasteiger partial charge in [-0.1, -0.05) is 18.2 Å². The molecule has 0 spiro atoms. The van der Waals surface area contributed by atoms with Crippen molar-refractivity contribution in [2.75, 3.05) is 0 Å². The monoisotopic (exact) mass is 216 g/mol. The Bertz CT molecular complexity index is 456. The fraction of sp³-hybridized carbons (Fsp3) is 0.154. The third-order valence-electron chi connectivity index (χ3n) is 2.42. The van der Waals surface area contributed by atoms with Crippen LogP contribution in [0.15, 0.2) is 54.9 Å². The summed E-state index contributed by atoms with van der Waals surface area (Å²) in [5, 5.41) is 19.3. The van der Waals surface area contributed by atoms with Crippen molar-refractivity contribution in [2.24, 2.45) is 0 Å². The molecule has 0 amide bonds. The summed E-state index contributed by atoms with van der Waals surface area (Å²) in [6, 6.07) is 12.4. The molecule has 3 nitrogen and oxygen atoms in total. The van der Waals surface area contributed by atoms with Gasteiger partial charge in [0, 0.05) is 12.1 Å². The van der Waals surface area contributed by atoms with E-state index >= 15 is 0 Å². The molecular weight excluding hydrogens is 202 g/mol. The van der Waals surface area contributed by atoms with Crippen LogP contribution in [0.3, 0.4) is 0 Å². The van der Waals surface area contributed by atoms with Crippen LogP contribution >= 0.6 is 0 Å². The van der Waals surface area contributed by atoms with E-state index in [4.69, 9.17) is 0 Å². The number of rotatable bonds is 3. The van der Waals surface area contributed by atoms with Gasteiger partial charge in [-0.2, -0.15) is 0 Å². The maximum Gasteiger partial charge on any atom is 0.178 e. The molecule has 0 aliphatic rings. The molecule has 0 saturated carbocycles. The number of aliphatic hydroxyl groups is 1. The average Bonchev–Trinajstić information content (AvgIpc) is 2.30. The third-order valence-corrected chi connectivity index (χ3v) is 2.42. The molecule has 0 saturated heterocycles. The molecule has 3 heteroatoms. The lowest BCUT2D eigenvalue weighted by atomic mass is 10.1. The summed E-state index contributed by atoms with van der Waals surface area (Å²) in [5.41, 5.74) is 0.719. The predicted molar refractivity (Wildman–Crippen MR) is 59.7 cm³/mol. The van der Waals surface area contributed by atoms with Gasteiger partial charge in [-0.05, 0) is 17.7 Å². The van der Waals surface area contributed by atoms with Crippen LogP contribution in [-0.2, 0) is 6.54 Å². The van der Waals surface area contributed by atoms with Gasteiger partial charge < -0.3 is 10.2 Å². The predicted octanol–water partition coefficient (Wildman–Crippen LogP) is 1.41. The van der Waals surface area contributed by atoms with Crippen molar-refractivity contribution in [3.05, 3.63) is 60.4 Å². The topological polar surface area (TPSA) is 44.3 Å². The van der Waals surface area contributed by atoms with Gasteiger partial charge in [-0.3, -0.25) is 0 Å². The van der Waals surface area contributed by atoms with Crippen molar-refractivity contribution < 1.29 is 14.8 Å². The smallest absolute Gasteiger partial charge is 0.178 e. The summed E-state index contributed by atoms with van der Waals surface area (Å²) in [5.74, 6) is 0.176. The summed E-state index contributed by atoms with van der Waals surface area (Å²) < 4.78 is 1.90. The van der Waals surface area contributed by atoms with E-state index in [0.717, 1.165) is 5.56 Å². The van der Waals surface area contributed by atoms with E-state index in [0.29, 0.717) is 6.54 Å². The molecule has 1 aromatic carbocycles. The Kier molecular flexibility index (Phi) is 3.17. The molecule has 82 valence electrons. The number of hydrogen-bond donors (Lipinski definition) is 2. The molecule has 16 heavy (non-hydrogen) atoms. The minimum atomic E-state index is -0.612. The van der Waals surface area contributed by atoms with Crippen LogP contribution in [0.25, 0.3) is 0 Å². The molecule has 0 fully saturated rings. The number of nitrogens with zero attached hydrogens (tertiary/aromatic N) is 1. The fourth-order valence-corrected chi connectivity index (χ4v) is 1.59. The van der Waals surface area contributed by atoms with Crippen LogP contribution in [0, 0.1) is 0 Å². The highest BCUT2D eigenvalue weighted by atomic mass is 16.3. The molecule has 2 rings (SSSR count). The molecule has 1 heterocycles. The van der Waals surface area contributed by atoms with Gasteiger partial charge in [0.1, 0.15) is 11.9 Å². The number of benzene rings is 1. The van der Waals surface area contributed by atoms with Gasteiger partial charge >= 0.3 is 0 Å². The minimum Gasteiger partial charge on any atom is -0.508 e. The zero-order chi connectivity index (χ0) is 11.4. The maximum absolute atomic E-state index is 9.97. The van der Waals surface area contributed by atoms with Crippen molar-refractivity contribution in [3.8, 4) is 5.75 Å². The first-order chi connectivity index (χ1) is 7.75. The lowest BCUT2D eigenvalue weighted by molar-refractivity contribution is -0.704. The van der Waals surface area contributed by atoms with Crippen molar-refractivity contribution in [3.63, 3.8) is 0 Å². The second-order valence-corrected chi connectivity index (χ2v) is 3.68. The Hall–Kier alpha value is -1.87. The van der Waals surface area contributed by atoms with E-state index in [9.17, 15) is 10.2 Å². The van der Waals surface area contributed by atoms with Crippen molar-refractivity contribution in [2.45, 2.75) is 12.6 Å². The number of phenols is 1. The molecule has 2 N–H and O–H groups in total. The maximum atomic E-state index is 9.97. The third kappa shape index (κ3) is 2.58. The van der Waals surface area contributed by atoms with Crippen LogP contribution in [0.5, 0.6) is 5.75 Å². The molecule has 0 bridgehead atoms. The van der Waals surface area contributed by atoms with Gasteiger partial charge in [0.2, 0.25) is 0 Å². The van der Waals surface area contributed by atoms with Gasteiger partial charge in [-0.15, -0.1) is 0 Å². The lowest BCUT2D eigenvalue weighted by Crippen LogP contribution is -2.35. The summed E-state index contributed by atoms with van der Waals surface area (Å²) in [4.78, 5) is 0. The molecule has 0 aliphatic heterocycles. The Morgan fingerprint density at radius 3 is 2.50 bits per heavy atom. The van der Waals surface area contributed by atoms with Crippen molar-refractivity contribution in [1.29, 1.82) is 0 Å². The Balaban J connectivity index is 2.12. The largest absolute Gasteiger partial charge is 0.508 e. The molecule has 1 unspecified atom stereocenters. The quantitative estimate of drug-likeness (QED) is 0.762. The van der Waals surface area contributed by atoms with Crippen LogP contribution in [-0.4, -0.2) is 10.2 Å². The van der Waals surface area contributed by atoms with Crippen LogP contribution in [0.4, 0.5) is 0 Å². The molecule has 1 aromatic heterocycles. The van der Waals surface area contributed by atoms with E-state index in [1.54, 1.807) is 24.3 Å². The van der Waals surface area contributed by atoms with Gasteiger partial charge in [0.05, 0.1) is 0 Å². The number of hydrogen-bond acceptors (Lipinski definition) is 2. The first-order valence-corrected chi connectivity index (χ1v) is 5.17. The van der Waals surface area contributed by atoms with Gasteiger partial charge in [0.15, 0.2) is 18.9 Å². The number of phenolic OH excluding ortho intramolecular Hbond substituents is 1. The number of aromatic hydroxyl groups is 1. The number of aliphatic hydroxyl groups excluding tert-OH is 1. The van der Waals surface area contributed by atoms with E-state index in [2.05, 4.69) is 0 Å². The zero-order valence-electron chi connectivity index (χ0n) is 8.82. The Morgan fingerprint density at radius 2 is 1.81 bits per heavy atom. The summed E-state index contributed by atoms with van der Waals surface area (Å²) in [6.07, 6.45) is 3.18. The SMILES string of the molecule is Oc1cccc(C(O)C[n+]2ccccc2)c1. The van der Waals surface area contributed by atoms with Crippen LogP contribution < -0.4 is 4.57 Å². The Morgan fingerprint density at radius 1 is 1.06 bits per heavy atom. The van der Waals surface area contributed by atoms with Crippen molar-refractivity contribution >= 4 is 0 Å². The Labute approximate surface area is 94.2 Å². The lowest BCUT2D eigenvalue weighted by Gasteiger charge is -2.07. The first kappa shape index (κ1) is 10.6. The summed E-state index contributed by atoms with van der Waals surface area (Å²) in [6.45, 7) is 0.476. The highest BCUT2D eigenvalue weighted by Gasteiger charge is 2.12.